The Labute approximate surface area is 174 Å². The number of thioether (sulfide) groups is 1. The molecule has 3 aromatic rings. The first-order chi connectivity index (χ1) is 14.0. The molecule has 29 heavy (non-hydrogen) atoms. The van der Waals surface area contributed by atoms with E-state index >= 15 is 0 Å². The number of rotatable bonds is 5. The summed E-state index contributed by atoms with van der Waals surface area (Å²) >= 11 is 1.45. The number of nitrogens with zero attached hydrogens (tertiary/aromatic N) is 1. The molecular formula is C23H22N2O3S. The lowest BCUT2D eigenvalue weighted by atomic mass is 10.1. The minimum Gasteiger partial charge on any atom is -0.497 e. The summed E-state index contributed by atoms with van der Waals surface area (Å²) < 4.78 is 5.26. The van der Waals surface area contributed by atoms with Crippen LogP contribution in [0.25, 0.3) is 10.8 Å². The molecule has 0 fully saturated rings. The summed E-state index contributed by atoms with van der Waals surface area (Å²) in [4.78, 5) is 27.8. The van der Waals surface area contributed by atoms with Gasteiger partial charge in [0.1, 0.15) is 5.75 Å². The lowest BCUT2D eigenvalue weighted by molar-refractivity contribution is -0.131. The Balaban J connectivity index is 1.42. The van der Waals surface area contributed by atoms with E-state index in [-0.39, 0.29) is 18.2 Å². The standard InChI is InChI=1S/C23H22N2O3S/c1-25(14-15-7-8-17-12-18(28-2)10-9-16(17)11-15)22(26)13-21-23(27)24-19-5-3-4-6-20(19)29-21/h3-12,21H,13-14H2,1-2H3,(H,24,27). The Morgan fingerprint density at radius 2 is 1.86 bits per heavy atom. The van der Waals surface area contributed by atoms with Crippen LogP contribution in [0.15, 0.2) is 65.6 Å². The highest BCUT2D eigenvalue weighted by atomic mass is 32.2. The molecule has 6 heteroatoms. The normalized spacial score (nSPS) is 15.5. The summed E-state index contributed by atoms with van der Waals surface area (Å²) in [6.07, 6.45) is 0.173. The Morgan fingerprint density at radius 3 is 2.69 bits per heavy atom. The van der Waals surface area contributed by atoms with Crippen molar-refractivity contribution in [2.24, 2.45) is 0 Å². The predicted octanol–water partition coefficient (Wildman–Crippen LogP) is 4.31. The minimum atomic E-state index is -0.413. The number of para-hydroxylation sites is 1. The minimum absolute atomic E-state index is 0.0492. The number of carbonyl (C=O) groups excluding carboxylic acids is 2. The zero-order chi connectivity index (χ0) is 20.4. The van der Waals surface area contributed by atoms with Crippen LogP contribution in [0.4, 0.5) is 5.69 Å². The number of benzene rings is 3. The number of nitrogens with one attached hydrogen (secondary N) is 1. The highest BCUT2D eigenvalue weighted by Crippen LogP contribution is 2.36. The van der Waals surface area contributed by atoms with Crippen molar-refractivity contribution in [3.05, 3.63) is 66.2 Å². The van der Waals surface area contributed by atoms with E-state index in [1.165, 1.54) is 11.8 Å². The Hall–Kier alpha value is -2.99. The van der Waals surface area contributed by atoms with E-state index in [4.69, 9.17) is 4.74 Å². The average molecular weight is 407 g/mol. The van der Waals surface area contributed by atoms with Gasteiger partial charge in [-0.2, -0.15) is 0 Å². The zero-order valence-electron chi connectivity index (χ0n) is 16.3. The number of hydrogen-bond acceptors (Lipinski definition) is 4. The van der Waals surface area contributed by atoms with Crippen molar-refractivity contribution >= 4 is 40.0 Å². The smallest absolute Gasteiger partial charge is 0.238 e. The molecule has 0 saturated carbocycles. The van der Waals surface area contributed by atoms with Gasteiger partial charge in [-0.15, -0.1) is 11.8 Å². The fraction of sp³-hybridized carbons (Fsp3) is 0.217. The molecule has 5 nitrogen and oxygen atoms in total. The van der Waals surface area contributed by atoms with Crippen molar-refractivity contribution in [1.29, 1.82) is 0 Å². The van der Waals surface area contributed by atoms with Gasteiger partial charge in [0, 0.05) is 24.9 Å². The first kappa shape index (κ1) is 19.3. The van der Waals surface area contributed by atoms with Gasteiger partial charge in [-0.05, 0) is 46.7 Å². The molecule has 2 amide bonds. The van der Waals surface area contributed by atoms with Crippen molar-refractivity contribution in [3.63, 3.8) is 0 Å². The van der Waals surface area contributed by atoms with E-state index in [0.29, 0.717) is 6.54 Å². The van der Waals surface area contributed by atoms with E-state index in [9.17, 15) is 9.59 Å². The van der Waals surface area contributed by atoms with Crippen LogP contribution in [0.5, 0.6) is 5.75 Å². The van der Waals surface area contributed by atoms with Gasteiger partial charge in [0.05, 0.1) is 18.0 Å². The fourth-order valence-electron chi connectivity index (χ4n) is 3.40. The lowest BCUT2D eigenvalue weighted by Crippen LogP contribution is -2.35. The molecule has 0 saturated heterocycles. The Kier molecular flexibility index (Phi) is 5.45. The number of hydrogen-bond donors (Lipinski definition) is 1. The third-order valence-corrected chi connectivity index (χ3v) is 6.30. The van der Waals surface area contributed by atoms with E-state index in [1.807, 2.05) is 54.6 Å². The molecule has 1 aliphatic rings. The second-order valence-electron chi connectivity index (χ2n) is 7.09. The highest BCUT2D eigenvalue weighted by Gasteiger charge is 2.29. The average Bonchev–Trinajstić information content (AvgIpc) is 2.73. The SMILES string of the molecule is COc1ccc2cc(CN(C)C(=O)CC3Sc4ccccc4NC3=O)ccc2c1. The summed E-state index contributed by atoms with van der Waals surface area (Å²) in [6, 6.07) is 19.7. The number of ether oxygens (including phenoxy) is 1. The monoisotopic (exact) mass is 406 g/mol. The molecule has 148 valence electrons. The van der Waals surface area contributed by atoms with E-state index in [0.717, 1.165) is 32.7 Å². The van der Waals surface area contributed by atoms with Gasteiger partial charge in [0.2, 0.25) is 11.8 Å². The summed E-state index contributed by atoms with van der Waals surface area (Å²) in [7, 11) is 3.43. The van der Waals surface area contributed by atoms with Crippen LogP contribution in [0, 0.1) is 0 Å². The Morgan fingerprint density at radius 1 is 1.10 bits per heavy atom. The van der Waals surface area contributed by atoms with Crippen LogP contribution in [-0.4, -0.2) is 36.1 Å². The molecule has 0 aliphatic carbocycles. The topological polar surface area (TPSA) is 58.6 Å². The number of fused-ring (bicyclic) bond motifs is 2. The molecule has 3 aromatic carbocycles. The second kappa shape index (κ2) is 8.17. The maximum absolute atomic E-state index is 12.7. The van der Waals surface area contributed by atoms with Gasteiger partial charge in [-0.1, -0.05) is 30.3 Å². The number of carbonyl (C=O) groups is 2. The molecule has 1 aliphatic heterocycles. The van der Waals surface area contributed by atoms with Crippen LogP contribution in [0.1, 0.15) is 12.0 Å². The summed E-state index contributed by atoms with van der Waals surface area (Å²) in [5.41, 5.74) is 1.86. The highest BCUT2D eigenvalue weighted by molar-refractivity contribution is 8.01. The third kappa shape index (κ3) is 4.22. The van der Waals surface area contributed by atoms with Gasteiger partial charge in [0.25, 0.3) is 0 Å². The van der Waals surface area contributed by atoms with Gasteiger partial charge >= 0.3 is 0 Å². The fourth-order valence-corrected chi connectivity index (χ4v) is 4.50. The van der Waals surface area contributed by atoms with Crippen LogP contribution in [0.2, 0.25) is 0 Å². The molecule has 4 rings (SSSR count). The number of amides is 2. The maximum Gasteiger partial charge on any atom is 0.238 e. The third-order valence-electron chi connectivity index (χ3n) is 5.02. The van der Waals surface area contributed by atoms with Crippen molar-refractivity contribution in [3.8, 4) is 5.75 Å². The first-order valence-corrected chi connectivity index (χ1v) is 10.3. The van der Waals surface area contributed by atoms with Crippen molar-refractivity contribution in [2.45, 2.75) is 23.1 Å². The Bertz CT molecular complexity index is 1080. The molecule has 0 aromatic heterocycles. The number of anilines is 1. The zero-order valence-corrected chi connectivity index (χ0v) is 17.2. The van der Waals surface area contributed by atoms with Crippen molar-refractivity contribution in [2.75, 3.05) is 19.5 Å². The summed E-state index contributed by atoms with van der Waals surface area (Å²) in [6.45, 7) is 0.496. The van der Waals surface area contributed by atoms with E-state index < -0.39 is 5.25 Å². The molecule has 0 spiro atoms. The van der Waals surface area contributed by atoms with Gasteiger partial charge < -0.3 is 15.0 Å². The first-order valence-electron chi connectivity index (χ1n) is 9.40. The molecule has 1 atom stereocenters. The number of methoxy groups -OCH3 is 1. The van der Waals surface area contributed by atoms with Crippen LogP contribution in [0.3, 0.4) is 0 Å². The lowest BCUT2D eigenvalue weighted by Gasteiger charge is -2.25. The predicted molar refractivity (Wildman–Crippen MR) is 116 cm³/mol. The van der Waals surface area contributed by atoms with Crippen LogP contribution >= 0.6 is 11.8 Å². The maximum atomic E-state index is 12.7. The molecule has 1 unspecified atom stereocenters. The van der Waals surface area contributed by atoms with E-state index in [1.54, 1.807) is 19.1 Å². The second-order valence-corrected chi connectivity index (χ2v) is 8.34. The van der Waals surface area contributed by atoms with Crippen molar-refractivity contribution in [1.82, 2.24) is 4.90 Å². The van der Waals surface area contributed by atoms with E-state index in [2.05, 4.69) is 11.4 Å². The molecule has 0 radical (unpaired) electrons. The van der Waals surface area contributed by atoms with Crippen LogP contribution in [-0.2, 0) is 16.1 Å². The molecular weight excluding hydrogens is 384 g/mol. The largest absolute Gasteiger partial charge is 0.497 e. The van der Waals surface area contributed by atoms with Gasteiger partial charge in [0.15, 0.2) is 0 Å². The molecule has 1 heterocycles. The summed E-state index contributed by atoms with van der Waals surface area (Å²) in [5.74, 6) is 0.657. The summed E-state index contributed by atoms with van der Waals surface area (Å²) in [5, 5.41) is 4.67. The van der Waals surface area contributed by atoms with Crippen molar-refractivity contribution < 1.29 is 14.3 Å². The quantitative estimate of drug-likeness (QED) is 0.686. The van der Waals surface area contributed by atoms with Crippen LogP contribution < -0.4 is 10.1 Å². The van der Waals surface area contributed by atoms with Gasteiger partial charge in [-0.25, -0.2) is 0 Å². The molecule has 1 N–H and O–H groups in total. The van der Waals surface area contributed by atoms with Gasteiger partial charge in [-0.3, -0.25) is 9.59 Å². The molecule has 0 bridgehead atoms.